The van der Waals surface area contributed by atoms with E-state index in [9.17, 15) is 4.79 Å². The molecule has 14 heavy (non-hydrogen) atoms. The quantitative estimate of drug-likeness (QED) is 0.768. The lowest BCUT2D eigenvalue weighted by Crippen LogP contribution is -2.03. The minimum absolute atomic E-state index is 0.422. The van der Waals surface area contributed by atoms with Crippen molar-refractivity contribution in [3.8, 4) is 5.75 Å². The van der Waals surface area contributed by atoms with Crippen LogP contribution in [0, 0.1) is 6.92 Å². The third-order valence-corrected chi connectivity index (χ3v) is 2.15. The number of benzene rings is 1. The van der Waals surface area contributed by atoms with Crippen LogP contribution in [0.4, 0.5) is 10.5 Å². The Morgan fingerprint density at radius 3 is 2.71 bits per heavy atom. The normalized spacial score (nSPS) is 9.71. The van der Waals surface area contributed by atoms with Crippen LogP contribution < -0.4 is 10.1 Å². The molecule has 1 amide bonds. The molecule has 76 valence electrons. The maximum Gasteiger partial charge on any atom is 0.280 e. The van der Waals surface area contributed by atoms with Gasteiger partial charge in [0.1, 0.15) is 5.75 Å². The van der Waals surface area contributed by atoms with Gasteiger partial charge >= 0.3 is 0 Å². The molecule has 1 aromatic carbocycles. The van der Waals surface area contributed by atoms with E-state index in [0.29, 0.717) is 16.5 Å². The maximum atomic E-state index is 10.7. The number of carbonyl (C=O) groups excluding carboxylic acids is 1. The Bertz CT molecular complexity index is 368. The van der Waals surface area contributed by atoms with Gasteiger partial charge < -0.3 is 10.1 Å². The summed E-state index contributed by atoms with van der Waals surface area (Å²) in [6, 6.07) is 3.38. The fraction of sp³-hybridized carbons (Fsp3) is 0.222. The van der Waals surface area contributed by atoms with Gasteiger partial charge in [-0.05, 0) is 24.6 Å². The zero-order valence-corrected chi connectivity index (χ0v) is 9.45. The van der Waals surface area contributed by atoms with Crippen LogP contribution in [0.1, 0.15) is 5.56 Å². The first-order valence-corrected chi connectivity index (χ1v) is 4.71. The number of carbonyl (C=O) groups is 1. The number of halogens is 1. The summed E-state index contributed by atoms with van der Waals surface area (Å²) in [5.41, 5.74) is 1.50. The molecular formula is C9H10ClNO2S. The summed E-state index contributed by atoms with van der Waals surface area (Å²) in [5.74, 6) is 0.585. The zero-order valence-electron chi connectivity index (χ0n) is 7.80. The molecule has 0 unspecified atom stereocenters. The lowest BCUT2D eigenvalue weighted by atomic mass is 10.2. The highest BCUT2D eigenvalue weighted by atomic mass is 35.5. The zero-order chi connectivity index (χ0) is 10.7. The van der Waals surface area contributed by atoms with E-state index < -0.39 is 5.24 Å². The monoisotopic (exact) mass is 231 g/mol. The summed E-state index contributed by atoms with van der Waals surface area (Å²) in [5, 5.41) is 2.58. The van der Waals surface area contributed by atoms with Crippen molar-refractivity contribution in [1.29, 1.82) is 0 Å². The van der Waals surface area contributed by atoms with Crippen LogP contribution in [0.5, 0.6) is 5.75 Å². The SMILES string of the molecule is COc1cc(C)c(NC(=O)S)cc1Cl. The summed E-state index contributed by atoms with van der Waals surface area (Å²) in [6.07, 6.45) is 0. The molecule has 0 bridgehead atoms. The smallest absolute Gasteiger partial charge is 0.280 e. The van der Waals surface area contributed by atoms with E-state index >= 15 is 0 Å². The largest absolute Gasteiger partial charge is 0.495 e. The Hall–Kier alpha value is -0.870. The molecule has 0 fully saturated rings. The fourth-order valence-electron chi connectivity index (χ4n) is 1.06. The van der Waals surface area contributed by atoms with E-state index in [1.54, 1.807) is 12.1 Å². The molecule has 3 nitrogen and oxygen atoms in total. The summed E-state index contributed by atoms with van der Waals surface area (Å²) in [6.45, 7) is 1.85. The van der Waals surface area contributed by atoms with Crippen molar-refractivity contribution in [3.05, 3.63) is 22.7 Å². The number of amides is 1. The average Bonchev–Trinajstić information content (AvgIpc) is 2.10. The second kappa shape index (κ2) is 4.57. The molecule has 0 radical (unpaired) electrons. The van der Waals surface area contributed by atoms with Gasteiger partial charge in [0.25, 0.3) is 5.24 Å². The van der Waals surface area contributed by atoms with Crippen LogP contribution in [-0.2, 0) is 0 Å². The first-order valence-electron chi connectivity index (χ1n) is 3.88. The van der Waals surface area contributed by atoms with Crippen LogP contribution in [-0.4, -0.2) is 12.3 Å². The molecule has 0 atom stereocenters. The number of ether oxygens (including phenoxy) is 1. The second-order valence-electron chi connectivity index (χ2n) is 2.73. The molecule has 0 saturated carbocycles. The van der Waals surface area contributed by atoms with E-state index in [4.69, 9.17) is 16.3 Å². The molecule has 0 spiro atoms. The molecule has 1 aromatic rings. The summed E-state index contributed by atoms with van der Waals surface area (Å²) in [4.78, 5) is 10.7. The Morgan fingerprint density at radius 2 is 2.21 bits per heavy atom. The molecule has 0 aliphatic carbocycles. The van der Waals surface area contributed by atoms with Crippen LogP contribution in [0.3, 0.4) is 0 Å². The molecule has 5 heteroatoms. The van der Waals surface area contributed by atoms with Gasteiger partial charge in [-0.15, -0.1) is 0 Å². The molecule has 1 rings (SSSR count). The maximum absolute atomic E-state index is 10.7. The highest BCUT2D eigenvalue weighted by Crippen LogP contribution is 2.30. The average molecular weight is 232 g/mol. The number of thiol groups is 1. The fourth-order valence-corrected chi connectivity index (χ4v) is 1.42. The number of methoxy groups -OCH3 is 1. The number of hydrogen-bond donors (Lipinski definition) is 2. The lowest BCUT2D eigenvalue weighted by molar-refractivity contribution is 0.270. The molecule has 0 heterocycles. The highest BCUT2D eigenvalue weighted by molar-refractivity contribution is 7.96. The molecule has 0 aliphatic rings. The lowest BCUT2D eigenvalue weighted by Gasteiger charge is -2.09. The number of nitrogens with one attached hydrogen (secondary N) is 1. The number of rotatable bonds is 2. The minimum atomic E-state index is -0.422. The predicted molar refractivity (Wildman–Crippen MR) is 60.7 cm³/mol. The highest BCUT2D eigenvalue weighted by Gasteiger charge is 2.06. The van der Waals surface area contributed by atoms with Gasteiger partial charge in [0, 0.05) is 5.69 Å². The molecule has 1 N–H and O–H groups in total. The first kappa shape index (κ1) is 11.2. The molecular weight excluding hydrogens is 222 g/mol. The van der Waals surface area contributed by atoms with E-state index in [0.717, 1.165) is 5.56 Å². The van der Waals surface area contributed by atoms with E-state index in [-0.39, 0.29) is 0 Å². The van der Waals surface area contributed by atoms with Crippen LogP contribution in [0.15, 0.2) is 12.1 Å². The van der Waals surface area contributed by atoms with Crippen molar-refractivity contribution < 1.29 is 9.53 Å². The summed E-state index contributed by atoms with van der Waals surface area (Å²) < 4.78 is 5.02. The minimum Gasteiger partial charge on any atom is -0.495 e. The van der Waals surface area contributed by atoms with Crippen molar-refractivity contribution in [1.82, 2.24) is 0 Å². The Kier molecular flexibility index (Phi) is 3.66. The molecule has 0 saturated heterocycles. The van der Waals surface area contributed by atoms with Crippen molar-refractivity contribution >= 4 is 35.2 Å². The van der Waals surface area contributed by atoms with Crippen LogP contribution >= 0.6 is 24.2 Å². The van der Waals surface area contributed by atoms with Crippen LogP contribution in [0.25, 0.3) is 0 Å². The Balaban J connectivity index is 3.08. The van der Waals surface area contributed by atoms with Gasteiger partial charge in [-0.2, -0.15) is 0 Å². The van der Waals surface area contributed by atoms with Crippen molar-refractivity contribution in [2.45, 2.75) is 6.92 Å². The molecule has 0 aliphatic heterocycles. The van der Waals surface area contributed by atoms with E-state index in [2.05, 4.69) is 17.9 Å². The van der Waals surface area contributed by atoms with Gasteiger partial charge in [0.2, 0.25) is 0 Å². The molecule has 0 aromatic heterocycles. The number of hydrogen-bond acceptors (Lipinski definition) is 2. The summed E-state index contributed by atoms with van der Waals surface area (Å²) in [7, 11) is 1.54. The van der Waals surface area contributed by atoms with Gasteiger partial charge in [-0.25, -0.2) is 0 Å². The van der Waals surface area contributed by atoms with Gasteiger partial charge in [0.15, 0.2) is 0 Å². The van der Waals surface area contributed by atoms with Gasteiger partial charge in [-0.1, -0.05) is 24.2 Å². The van der Waals surface area contributed by atoms with Gasteiger partial charge in [-0.3, -0.25) is 4.79 Å². The topological polar surface area (TPSA) is 38.3 Å². The van der Waals surface area contributed by atoms with Crippen molar-refractivity contribution in [2.75, 3.05) is 12.4 Å². The van der Waals surface area contributed by atoms with Crippen LogP contribution in [0.2, 0.25) is 5.02 Å². The Morgan fingerprint density at radius 1 is 1.57 bits per heavy atom. The van der Waals surface area contributed by atoms with E-state index in [1.807, 2.05) is 6.92 Å². The summed E-state index contributed by atoms with van der Waals surface area (Å²) >= 11 is 9.50. The number of anilines is 1. The van der Waals surface area contributed by atoms with E-state index in [1.165, 1.54) is 7.11 Å². The van der Waals surface area contributed by atoms with Crippen molar-refractivity contribution in [3.63, 3.8) is 0 Å². The second-order valence-corrected chi connectivity index (χ2v) is 3.55. The van der Waals surface area contributed by atoms with Gasteiger partial charge in [0.05, 0.1) is 12.1 Å². The number of aryl methyl sites for hydroxylation is 1. The Labute approximate surface area is 92.8 Å². The first-order chi connectivity index (χ1) is 6.54. The van der Waals surface area contributed by atoms with Crippen molar-refractivity contribution in [2.24, 2.45) is 0 Å². The third-order valence-electron chi connectivity index (χ3n) is 1.74. The standard InChI is InChI=1S/C9H10ClNO2S/c1-5-3-8(13-2)6(10)4-7(5)11-9(12)14/h3-4H,1-2H3,(H2,11,12,14). The predicted octanol–water partition coefficient (Wildman–Crippen LogP) is 3.12. The third kappa shape index (κ3) is 2.56.